The third-order valence-corrected chi connectivity index (χ3v) is 2.01. The van der Waals surface area contributed by atoms with Gasteiger partial charge in [-0.05, 0) is 24.6 Å². The second-order valence-corrected chi connectivity index (χ2v) is 3.38. The molecule has 0 aromatic heterocycles. The molecule has 1 unspecified atom stereocenters. The monoisotopic (exact) mass is 198 g/mol. The van der Waals surface area contributed by atoms with Crippen molar-refractivity contribution < 1.29 is 9.90 Å². The fourth-order valence-corrected chi connectivity index (χ4v) is 1.08. The van der Waals surface area contributed by atoms with Gasteiger partial charge in [0.1, 0.15) is 6.10 Å². The van der Waals surface area contributed by atoms with Crippen LogP contribution >= 0.6 is 11.6 Å². The number of hydrogen-bond acceptors (Lipinski definition) is 2. The second-order valence-electron chi connectivity index (χ2n) is 2.95. The van der Waals surface area contributed by atoms with Crippen molar-refractivity contribution >= 4 is 17.4 Å². The Balaban J connectivity index is 2.65. The SMILES string of the molecule is CC(O)C(=O)Cc1ccc(Cl)cc1. The van der Waals surface area contributed by atoms with Crippen LogP contribution in [0.1, 0.15) is 12.5 Å². The molecule has 0 aliphatic rings. The summed E-state index contributed by atoms with van der Waals surface area (Å²) in [5, 5.41) is 9.61. The van der Waals surface area contributed by atoms with Gasteiger partial charge in [-0.2, -0.15) is 0 Å². The first-order valence-corrected chi connectivity index (χ1v) is 4.42. The fraction of sp³-hybridized carbons (Fsp3) is 0.300. The third kappa shape index (κ3) is 3.17. The Morgan fingerprint density at radius 2 is 2.00 bits per heavy atom. The molecule has 70 valence electrons. The Kier molecular flexibility index (Phi) is 3.46. The Bertz CT molecular complexity index is 290. The Morgan fingerprint density at radius 3 is 2.46 bits per heavy atom. The van der Waals surface area contributed by atoms with E-state index in [1.54, 1.807) is 24.3 Å². The van der Waals surface area contributed by atoms with Crippen LogP contribution in [-0.4, -0.2) is 17.0 Å². The lowest BCUT2D eigenvalue weighted by molar-refractivity contribution is -0.125. The molecule has 0 saturated heterocycles. The largest absolute Gasteiger partial charge is 0.386 e. The summed E-state index contributed by atoms with van der Waals surface area (Å²) in [6, 6.07) is 7.02. The first-order valence-electron chi connectivity index (χ1n) is 4.05. The van der Waals surface area contributed by atoms with E-state index in [0.717, 1.165) is 5.56 Å². The quantitative estimate of drug-likeness (QED) is 0.805. The molecule has 0 radical (unpaired) electrons. The average Bonchev–Trinajstić information content (AvgIpc) is 2.08. The predicted octanol–water partition coefficient (Wildman–Crippen LogP) is 1.83. The summed E-state index contributed by atoms with van der Waals surface area (Å²) in [5.41, 5.74) is 0.871. The van der Waals surface area contributed by atoms with E-state index in [2.05, 4.69) is 0 Å². The van der Waals surface area contributed by atoms with Gasteiger partial charge in [0.2, 0.25) is 0 Å². The van der Waals surface area contributed by atoms with Crippen molar-refractivity contribution in [3.8, 4) is 0 Å². The standard InChI is InChI=1S/C10H11ClO2/c1-7(12)10(13)6-8-2-4-9(11)5-3-8/h2-5,7,12H,6H2,1H3. The lowest BCUT2D eigenvalue weighted by Crippen LogP contribution is -2.18. The van der Waals surface area contributed by atoms with Crippen molar-refractivity contribution in [3.05, 3.63) is 34.9 Å². The molecule has 2 nitrogen and oxygen atoms in total. The number of ketones is 1. The molecule has 0 aliphatic carbocycles. The number of aliphatic hydroxyl groups is 1. The van der Waals surface area contributed by atoms with Crippen LogP contribution in [0.15, 0.2) is 24.3 Å². The summed E-state index contributed by atoms with van der Waals surface area (Å²) in [6.07, 6.45) is -0.634. The van der Waals surface area contributed by atoms with Crippen LogP contribution in [0.4, 0.5) is 0 Å². The van der Waals surface area contributed by atoms with Crippen LogP contribution < -0.4 is 0 Å². The molecule has 0 bridgehead atoms. The summed E-state index contributed by atoms with van der Waals surface area (Å²) in [6.45, 7) is 1.47. The molecular weight excluding hydrogens is 188 g/mol. The summed E-state index contributed by atoms with van der Waals surface area (Å²) >= 11 is 5.68. The molecule has 0 fully saturated rings. The summed E-state index contributed by atoms with van der Waals surface area (Å²) in [7, 11) is 0. The van der Waals surface area contributed by atoms with E-state index in [4.69, 9.17) is 16.7 Å². The van der Waals surface area contributed by atoms with Gasteiger partial charge in [0.05, 0.1) is 0 Å². The van der Waals surface area contributed by atoms with Crippen LogP contribution in [0.2, 0.25) is 5.02 Å². The number of Topliss-reactive ketones (excluding diaryl/α,β-unsaturated/α-hetero) is 1. The van der Waals surface area contributed by atoms with Crippen molar-refractivity contribution in [1.82, 2.24) is 0 Å². The zero-order valence-corrected chi connectivity index (χ0v) is 8.08. The van der Waals surface area contributed by atoms with Crippen molar-refractivity contribution in [1.29, 1.82) is 0 Å². The van der Waals surface area contributed by atoms with E-state index < -0.39 is 6.10 Å². The first kappa shape index (κ1) is 10.2. The molecule has 1 aromatic carbocycles. The molecule has 0 amide bonds. The van der Waals surface area contributed by atoms with E-state index >= 15 is 0 Å². The molecule has 0 heterocycles. The van der Waals surface area contributed by atoms with Crippen LogP contribution in [0, 0.1) is 0 Å². The highest BCUT2D eigenvalue weighted by atomic mass is 35.5. The average molecular weight is 199 g/mol. The zero-order valence-electron chi connectivity index (χ0n) is 7.33. The molecule has 0 spiro atoms. The maximum Gasteiger partial charge on any atom is 0.165 e. The topological polar surface area (TPSA) is 37.3 Å². The van der Waals surface area contributed by atoms with Crippen LogP contribution in [0.3, 0.4) is 0 Å². The second kappa shape index (κ2) is 4.40. The third-order valence-electron chi connectivity index (χ3n) is 1.76. The smallest absolute Gasteiger partial charge is 0.165 e. The molecule has 13 heavy (non-hydrogen) atoms. The fourth-order valence-electron chi connectivity index (χ4n) is 0.951. The van der Waals surface area contributed by atoms with Gasteiger partial charge >= 0.3 is 0 Å². The van der Waals surface area contributed by atoms with Gasteiger partial charge in [0, 0.05) is 11.4 Å². The Hall–Kier alpha value is -0.860. The summed E-state index contributed by atoms with van der Waals surface area (Å²) in [5.74, 6) is -0.178. The highest BCUT2D eigenvalue weighted by molar-refractivity contribution is 6.30. The minimum Gasteiger partial charge on any atom is -0.386 e. The molecule has 1 aromatic rings. The Morgan fingerprint density at radius 1 is 1.46 bits per heavy atom. The molecule has 0 aliphatic heterocycles. The van der Waals surface area contributed by atoms with Gasteiger partial charge in [0.15, 0.2) is 5.78 Å². The van der Waals surface area contributed by atoms with Crippen LogP contribution in [0.5, 0.6) is 0 Å². The van der Waals surface area contributed by atoms with E-state index in [-0.39, 0.29) is 12.2 Å². The van der Waals surface area contributed by atoms with Crippen molar-refractivity contribution in [2.45, 2.75) is 19.4 Å². The highest BCUT2D eigenvalue weighted by Gasteiger charge is 2.09. The van der Waals surface area contributed by atoms with Gasteiger partial charge in [0.25, 0.3) is 0 Å². The van der Waals surface area contributed by atoms with Gasteiger partial charge < -0.3 is 5.11 Å². The van der Waals surface area contributed by atoms with Crippen molar-refractivity contribution in [2.75, 3.05) is 0 Å². The first-order chi connectivity index (χ1) is 6.09. The number of aliphatic hydroxyl groups excluding tert-OH is 1. The maximum atomic E-state index is 11.1. The highest BCUT2D eigenvalue weighted by Crippen LogP contribution is 2.10. The van der Waals surface area contributed by atoms with E-state index in [0.29, 0.717) is 5.02 Å². The molecule has 0 saturated carbocycles. The van der Waals surface area contributed by atoms with E-state index in [9.17, 15) is 4.79 Å². The van der Waals surface area contributed by atoms with Gasteiger partial charge in [-0.1, -0.05) is 23.7 Å². The van der Waals surface area contributed by atoms with Gasteiger partial charge in [-0.3, -0.25) is 4.79 Å². The molecule has 3 heteroatoms. The normalized spacial score (nSPS) is 12.5. The van der Waals surface area contributed by atoms with E-state index in [1.165, 1.54) is 6.92 Å². The predicted molar refractivity (Wildman–Crippen MR) is 51.8 cm³/mol. The molecule has 1 rings (SSSR count). The zero-order chi connectivity index (χ0) is 9.84. The Labute approximate surface area is 82.2 Å². The number of rotatable bonds is 3. The van der Waals surface area contributed by atoms with Crippen molar-refractivity contribution in [3.63, 3.8) is 0 Å². The minimum absolute atomic E-state index is 0.178. The van der Waals surface area contributed by atoms with Crippen molar-refractivity contribution in [2.24, 2.45) is 0 Å². The lowest BCUT2D eigenvalue weighted by atomic mass is 10.1. The maximum absolute atomic E-state index is 11.1. The van der Waals surface area contributed by atoms with Crippen LogP contribution in [0.25, 0.3) is 0 Å². The number of hydrogen-bond donors (Lipinski definition) is 1. The van der Waals surface area contributed by atoms with Gasteiger partial charge in [-0.15, -0.1) is 0 Å². The lowest BCUT2D eigenvalue weighted by Gasteiger charge is -2.03. The van der Waals surface area contributed by atoms with Crippen LogP contribution in [-0.2, 0) is 11.2 Å². The number of benzene rings is 1. The minimum atomic E-state index is -0.893. The summed E-state index contributed by atoms with van der Waals surface area (Å²) < 4.78 is 0. The number of halogens is 1. The van der Waals surface area contributed by atoms with E-state index in [1.807, 2.05) is 0 Å². The van der Waals surface area contributed by atoms with Gasteiger partial charge in [-0.25, -0.2) is 0 Å². The molecule has 1 N–H and O–H groups in total. The molecule has 1 atom stereocenters. The molecular formula is C10H11ClO2. The summed E-state index contributed by atoms with van der Waals surface area (Å²) in [4.78, 5) is 11.1. The number of carbonyl (C=O) groups is 1. The number of carbonyl (C=O) groups excluding carboxylic acids is 1.